The molecule has 2 saturated carbocycles. The molecule has 0 amide bonds. The van der Waals surface area contributed by atoms with Gasteiger partial charge in [0.15, 0.2) is 0 Å². The Morgan fingerprint density at radius 3 is 2.28 bits per heavy atom. The predicted octanol–water partition coefficient (Wildman–Crippen LogP) is 8.49. The quantitative estimate of drug-likeness (QED) is 0.169. The van der Waals surface area contributed by atoms with E-state index in [1.807, 2.05) is 0 Å². The molecular weight excluding hydrogens is 444 g/mol. The number of esters is 1. The molecule has 1 atom stereocenters. The monoisotopic (exact) mass is 496 g/mol. The molecule has 2 aliphatic carbocycles. The molecule has 3 nitrogen and oxygen atoms in total. The highest BCUT2D eigenvalue weighted by atomic mass is 16.5. The van der Waals surface area contributed by atoms with Crippen molar-refractivity contribution in [2.24, 2.45) is 17.8 Å². The second kappa shape index (κ2) is 15.0. The second-order valence-corrected chi connectivity index (χ2v) is 11.9. The summed E-state index contributed by atoms with van der Waals surface area (Å²) in [7, 11) is 0. The molecule has 1 aromatic rings. The number of rotatable bonds is 13. The summed E-state index contributed by atoms with van der Waals surface area (Å²) in [5.74, 6) is 2.68. The number of unbranched alkanes of at least 4 members (excludes halogenated alkanes) is 2. The summed E-state index contributed by atoms with van der Waals surface area (Å²) < 4.78 is 5.30. The van der Waals surface area contributed by atoms with E-state index in [9.17, 15) is 9.90 Å². The molecule has 0 radical (unpaired) electrons. The van der Waals surface area contributed by atoms with Gasteiger partial charge in [-0.2, -0.15) is 0 Å². The third-order valence-corrected chi connectivity index (χ3v) is 9.09. The van der Waals surface area contributed by atoms with Crippen LogP contribution >= 0.6 is 0 Å². The zero-order valence-electron chi connectivity index (χ0n) is 23.4. The molecule has 36 heavy (non-hydrogen) atoms. The fraction of sp³-hybridized carbons (Fsp3) is 0.727. The number of hydrogen-bond acceptors (Lipinski definition) is 3. The number of carbonyl (C=O) groups is 1. The molecule has 2 fully saturated rings. The van der Waals surface area contributed by atoms with Crippen LogP contribution < -0.4 is 0 Å². The molecule has 1 unspecified atom stereocenters. The van der Waals surface area contributed by atoms with E-state index in [1.54, 1.807) is 18.1 Å². The van der Waals surface area contributed by atoms with Gasteiger partial charge in [0.05, 0.1) is 6.61 Å². The summed E-state index contributed by atoms with van der Waals surface area (Å²) in [5.41, 5.74) is 5.18. The van der Waals surface area contributed by atoms with E-state index in [2.05, 4.69) is 38.6 Å². The summed E-state index contributed by atoms with van der Waals surface area (Å²) in [6.07, 6.45) is 18.1. The largest absolute Gasteiger partial charge is 0.462 e. The van der Waals surface area contributed by atoms with Crippen molar-refractivity contribution < 1.29 is 14.6 Å². The predicted molar refractivity (Wildman–Crippen MR) is 150 cm³/mol. The third kappa shape index (κ3) is 8.47. The van der Waals surface area contributed by atoms with E-state index in [4.69, 9.17) is 4.74 Å². The van der Waals surface area contributed by atoms with Gasteiger partial charge in [-0.3, -0.25) is 0 Å². The lowest BCUT2D eigenvalue weighted by molar-refractivity contribution is -0.140. The highest BCUT2D eigenvalue weighted by Gasteiger charge is 2.27. The fourth-order valence-corrected chi connectivity index (χ4v) is 6.74. The van der Waals surface area contributed by atoms with Gasteiger partial charge in [-0.1, -0.05) is 64.3 Å². The number of aliphatic hydroxyl groups is 1. The first kappa shape index (κ1) is 29.0. The van der Waals surface area contributed by atoms with Gasteiger partial charge in [0, 0.05) is 18.1 Å². The standard InChI is InChI=1S/C33H52O3/c1-5-7-8-9-25-10-16-30(17-11-25)32-19-18-31(21-28(32)6-2)29-14-12-26(13-15-29)20-27(22-34)23-36-33(35)24(3)4/h18-19,21,25-27,29-30,34H,3,5-17,20,22-23H2,1-2,4H3. The number of benzene rings is 1. The second-order valence-electron chi connectivity index (χ2n) is 11.9. The molecule has 202 valence electrons. The van der Waals surface area contributed by atoms with E-state index < -0.39 is 0 Å². The van der Waals surface area contributed by atoms with Gasteiger partial charge in [0.25, 0.3) is 0 Å². The van der Waals surface area contributed by atoms with Crippen LogP contribution in [0.5, 0.6) is 0 Å². The molecule has 3 rings (SSSR count). The Morgan fingerprint density at radius 1 is 1.00 bits per heavy atom. The van der Waals surface area contributed by atoms with Crippen LogP contribution in [0.2, 0.25) is 0 Å². The minimum absolute atomic E-state index is 0.0302. The van der Waals surface area contributed by atoms with E-state index >= 15 is 0 Å². The molecule has 0 bridgehead atoms. The van der Waals surface area contributed by atoms with Crippen molar-refractivity contribution in [2.75, 3.05) is 13.2 Å². The van der Waals surface area contributed by atoms with Crippen molar-refractivity contribution in [1.29, 1.82) is 0 Å². The normalized spacial score (nSPS) is 25.3. The highest BCUT2D eigenvalue weighted by molar-refractivity contribution is 5.86. The van der Waals surface area contributed by atoms with E-state index in [0.717, 1.165) is 24.7 Å². The van der Waals surface area contributed by atoms with Gasteiger partial charge in [-0.15, -0.1) is 0 Å². The number of aliphatic hydroxyl groups excluding tert-OH is 1. The van der Waals surface area contributed by atoms with Crippen molar-refractivity contribution in [1.82, 2.24) is 0 Å². The van der Waals surface area contributed by atoms with E-state index in [1.165, 1.54) is 82.6 Å². The number of carbonyl (C=O) groups excluding carboxylic acids is 1. The first-order valence-electron chi connectivity index (χ1n) is 15.0. The summed E-state index contributed by atoms with van der Waals surface area (Å²) >= 11 is 0. The average molecular weight is 497 g/mol. The van der Waals surface area contributed by atoms with Crippen molar-refractivity contribution in [3.63, 3.8) is 0 Å². The minimum atomic E-state index is -0.354. The molecular formula is C33H52O3. The van der Waals surface area contributed by atoms with Crippen LogP contribution in [0.25, 0.3) is 0 Å². The summed E-state index contributed by atoms with van der Waals surface area (Å²) in [4.78, 5) is 11.7. The minimum Gasteiger partial charge on any atom is -0.462 e. The smallest absolute Gasteiger partial charge is 0.333 e. The maximum absolute atomic E-state index is 11.7. The van der Waals surface area contributed by atoms with Crippen molar-refractivity contribution in [2.45, 2.75) is 122 Å². The van der Waals surface area contributed by atoms with Crippen LogP contribution in [0.1, 0.15) is 133 Å². The molecule has 1 N–H and O–H groups in total. The summed E-state index contributed by atoms with van der Waals surface area (Å²) in [6, 6.07) is 7.47. The Hall–Kier alpha value is -1.61. The van der Waals surface area contributed by atoms with Crippen LogP contribution in [0.4, 0.5) is 0 Å². The van der Waals surface area contributed by atoms with Gasteiger partial charge in [-0.05, 0) is 111 Å². The topological polar surface area (TPSA) is 46.5 Å². The lowest BCUT2D eigenvalue weighted by atomic mass is 9.73. The zero-order valence-corrected chi connectivity index (χ0v) is 23.4. The zero-order chi connectivity index (χ0) is 25.9. The third-order valence-electron chi connectivity index (χ3n) is 9.09. The molecule has 0 aromatic heterocycles. The van der Waals surface area contributed by atoms with Crippen molar-refractivity contribution >= 4 is 5.97 Å². The molecule has 0 aliphatic heterocycles. The summed E-state index contributed by atoms with van der Waals surface area (Å²) in [6.45, 7) is 10.3. The Labute approximate surface area is 221 Å². The van der Waals surface area contributed by atoms with Crippen LogP contribution in [-0.4, -0.2) is 24.3 Å². The first-order valence-corrected chi connectivity index (χ1v) is 15.0. The number of hydrogen-bond donors (Lipinski definition) is 1. The van der Waals surface area contributed by atoms with Gasteiger partial charge in [0.2, 0.25) is 0 Å². The molecule has 2 aliphatic rings. The Balaban J connectivity index is 1.49. The lowest BCUT2D eigenvalue weighted by Crippen LogP contribution is -2.23. The molecule has 1 aromatic carbocycles. The van der Waals surface area contributed by atoms with Gasteiger partial charge in [0.1, 0.15) is 0 Å². The summed E-state index contributed by atoms with van der Waals surface area (Å²) in [5, 5.41) is 9.78. The van der Waals surface area contributed by atoms with E-state index in [-0.39, 0.29) is 18.5 Å². The molecule has 3 heteroatoms. The van der Waals surface area contributed by atoms with Crippen LogP contribution in [0.3, 0.4) is 0 Å². The molecule has 0 saturated heterocycles. The maximum Gasteiger partial charge on any atom is 0.333 e. The Morgan fingerprint density at radius 2 is 1.67 bits per heavy atom. The first-order chi connectivity index (χ1) is 17.4. The van der Waals surface area contributed by atoms with Crippen molar-refractivity contribution in [3.05, 3.63) is 47.0 Å². The average Bonchev–Trinajstić information content (AvgIpc) is 2.91. The molecule has 0 heterocycles. The number of ether oxygens (including phenoxy) is 1. The van der Waals surface area contributed by atoms with Gasteiger partial charge >= 0.3 is 5.97 Å². The fourth-order valence-electron chi connectivity index (χ4n) is 6.74. The lowest BCUT2D eigenvalue weighted by Gasteiger charge is -2.32. The maximum atomic E-state index is 11.7. The van der Waals surface area contributed by atoms with Gasteiger partial charge in [-0.25, -0.2) is 4.79 Å². The Bertz CT molecular complexity index is 812. The van der Waals surface area contributed by atoms with Crippen LogP contribution in [0, 0.1) is 17.8 Å². The van der Waals surface area contributed by atoms with Gasteiger partial charge < -0.3 is 9.84 Å². The van der Waals surface area contributed by atoms with Crippen LogP contribution in [-0.2, 0) is 16.0 Å². The van der Waals surface area contributed by atoms with Crippen LogP contribution in [0.15, 0.2) is 30.4 Å². The van der Waals surface area contributed by atoms with E-state index in [0.29, 0.717) is 24.0 Å². The van der Waals surface area contributed by atoms with Crippen molar-refractivity contribution in [3.8, 4) is 0 Å². The Kier molecular flexibility index (Phi) is 12.0. The molecule has 0 spiro atoms. The SMILES string of the molecule is C=C(C)C(=O)OCC(CO)CC1CCC(c2ccc(C3CCC(CCCCC)CC3)c(CC)c2)CC1. The highest BCUT2D eigenvalue weighted by Crippen LogP contribution is 2.42. The number of aryl methyl sites for hydroxylation is 1.